The molecular weight excluding hydrogens is 380 g/mol. The second kappa shape index (κ2) is 8.49. The highest BCUT2D eigenvalue weighted by atomic mass is 32.1. The summed E-state index contributed by atoms with van der Waals surface area (Å²) < 4.78 is 17.8. The number of rotatable bonds is 6. The smallest absolute Gasteiger partial charge is 0.343 e. The molecule has 28 heavy (non-hydrogen) atoms. The lowest BCUT2D eigenvalue weighted by Crippen LogP contribution is -2.09. The lowest BCUT2D eigenvalue weighted by molar-refractivity contribution is 0.0729. The fourth-order valence-corrected chi connectivity index (χ4v) is 2.59. The Morgan fingerprint density at radius 1 is 1.14 bits per heavy atom. The average molecular weight is 398 g/mol. The largest absolute Gasteiger partial charge is 0.497 e. The summed E-state index contributed by atoms with van der Waals surface area (Å²) in [6.07, 6.45) is 1.61. The van der Waals surface area contributed by atoms with Gasteiger partial charge in [-0.1, -0.05) is 0 Å². The summed E-state index contributed by atoms with van der Waals surface area (Å²) in [6, 6.07) is 11.7. The fraction of sp³-hybridized carbons (Fsp3) is 0.158. The normalized spacial score (nSPS) is 10.8. The molecule has 1 N–H and O–H groups in total. The fourth-order valence-electron chi connectivity index (χ4n) is 2.37. The van der Waals surface area contributed by atoms with Gasteiger partial charge in [0, 0.05) is 0 Å². The summed E-state index contributed by atoms with van der Waals surface area (Å²) >= 11 is 5.11. The minimum absolute atomic E-state index is 0.302. The van der Waals surface area contributed by atoms with Crippen LogP contribution in [0.1, 0.15) is 21.7 Å². The van der Waals surface area contributed by atoms with E-state index in [0.29, 0.717) is 33.4 Å². The van der Waals surface area contributed by atoms with E-state index in [9.17, 15) is 4.79 Å². The number of nitrogens with zero attached hydrogens (tertiary/aromatic N) is 3. The number of ether oxygens (including phenoxy) is 3. The van der Waals surface area contributed by atoms with Crippen LogP contribution in [-0.2, 0) is 0 Å². The number of benzene rings is 2. The van der Waals surface area contributed by atoms with E-state index in [1.165, 1.54) is 11.8 Å². The Bertz CT molecular complexity index is 1070. The van der Waals surface area contributed by atoms with Gasteiger partial charge in [0.15, 0.2) is 11.5 Å². The van der Waals surface area contributed by atoms with Crippen LogP contribution in [0.5, 0.6) is 17.2 Å². The van der Waals surface area contributed by atoms with Crippen LogP contribution < -0.4 is 14.2 Å². The molecule has 0 aliphatic heterocycles. The predicted octanol–water partition coefficient (Wildman–Crippen LogP) is 3.37. The first-order valence-corrected chi connectivity index (χ1v) is 8.65. The van der Waals surface area contributed by atoms with Gasteiger partial charge in [0.1, 0.15) is 11.6 Å². The van der Waals surface area contributed by atoms with Crippen LogP contribution in [0.25, 0.3) is 0 Å². The van der Waals surface area contributed by atoms with Crippen molar-refractivity contribution in [2.24, 2.45) is 5.10 Å². The molecule has 0 spiro atoms. The molecule has 0 bridgehead atoms. The zero-order valence-electron chi connectivity index (χ0n) is 15.5. The number of aromatic amines is 1. The maximum absolute atomic E-state index is 12.4. The molecular formula is C19H18N4O4S. The van der Waals surface area contributed by atoms with Crippen LogP contribution >= 0.6 is 12.2 Å². The summed E-state index contributed by atoms with van der Waals surface area (Å²) in [4.78, 5) is 12.4. The van der Waals surface area contributed by atoms with Gasteiger partial charge >= 0.3 is 5.97 Å². The SMILES string of the molecule is COc1ccc(C(=O)Oc2ccc(/C=N\n3c(C)n[nH]c3=S)cc2OC)cc1. The van der Waals surface area contributed by atoms with Gasteiger partial charge in [-0.15, -0.1) is 0 Å². The topological polar surface area (TPSA) is 90.7 Å². The van der Waals surface area contributed by atoms with Crippen molar-refractivity contribution in [1.82, 2.24) is 14.9 Å². The third kappa shape index (κ3) is 4.26. The number of aryl methyl sites for hydroxylation is 1. The van der Waals surface area contributed by atoms with Crippen molar-refractivity contribution in [3.05, 3.63) is 64.2 Å². The number of aromatic nitrogens is 3. The Balaban J connectivity index is 1.79. The van der Waals surface area contributed by atoms with E-state index in [-0.39, 0.29) is 0 Å². The number of nitrogens with one attached hydrogen (secondary N) is 1. The van der Waals surface area contributed by atoms with Crippen molar-refractivity contribution in [2.75, 3.05) is 14.2 Å². The molecule has 144 valence electrons. The van der Waals surface area contributed by atoms with Crippen LogP contribution in [0.4, 0.5) is 0 Å². The monoisotopic (exact) mass is 398 g/mol. The summed E-state index contributed by atoms with van der Waals surface area (Å²) in [7, 11) is 3.06. The van der Waals surface area contributed by atoms with E-state index >= 15 is 0 Å². The maximum atomic E-state index is 12.4. The standard InChI is InChI=1S/C19H18N4O4S/c1-12-21-22-19(28)23(12)20-11-13-4-9-16(17(10-13)26-3)27-18(24)14-5-7-15(25-2)8-6-14/h4-11H,1-3H3,(H,22,28)/b20-11-. The maximum Gasteiger partial charge on any atom is 0.343 e. The number of carbonyl (C=O) groups excluding carboxylic acids is 1. The number of H-pyrrole nitrogens is 1. The Hall–Kier alpha value is -3.46. The minimum atomic E-state index is -0.498. The number of carbonyl (C=O) groups is 1. The van der Waals surface area contributed by atoms with Crippen LogP contribution in [-0.4, -0.2) is 41.3 Å². The first-order valence-electron chi connectivity index (χ1n) is 8.24. The summed E-state index contributed by atoms with van der Waals surface area (Å²) in [5.74, 6) is 1.50. The highest BCUT2D eigenvalue weighted by Gasteiger charge is 2.13. The first kappa shape index (κ1) is 19.3. The second-order valence-corrected chi connectivity index (χ2v) is 6.05. The van der Waals surface area contributed by atoms with Crippen molar-refractivity contribution >= 4 is 24.4 Å². The van der Waals surface area contributed by atoms with Crippen molar-refractivity contribution in [2.45, 2.75) is 6.92 Å². The number of hydrogen-bond acceptors (Lipinski definition) is 7. The number of methoxy groups -OCH3 is 2. The Labute approximate surface area is 166 Å². The Morgan fingerprint density at radius 2 is 1.89 bits per heavy atom. The van der Waals surface area contributed by atoms with Gasteiger partial charge in [0.25, 0.3) is 0 Å². The van der Waals surface area contributed by atoms with E-state index in [2.05, 4.69) is 15.3 Å². The molecule has 1 aromatic heterocycles. The molecule has 0 fully saturated rings. The Morgan fingerprint density at radius 3 is 2.50 bits per heavy atom. The third-order valence-corrected chi connectivity index (χ3v) is 4.11. The summed E-state index contributed by atoms with van der Waals surface area (Å²) in [6.45, 7) is 1.78. The lowest BCUT2D eigenvalue weighted by atomic mass is 10.2. The van der Waals surface area contributed by atoms with Gasteiger partial charge in [-0.25, -0.2) is 4.79 Å². The van der Waals surface area contributed by atoms with Crippen LogP contribution in [0.3, 0.4) is 0 Å². The van der Waals surface area contributed by atoms with Gasteiger partial charge in [0.05, 0.1) is 26.0 Å². The predicted molar refractivity (Wildman–Crippen MR) is 106 cm³/mol. The van der Waals surface area contributed by atoms with Crippen molar-refractivity contribution in [3.8, 4) is 17.2 Å². The molecule has 0 unspecified atom stereocenters. The average Bonchev–Trinajstić information content (AvgIpc) is 3.04. The van der Waals surface area contributed by atoms with Crippen molar-refractivity contribution < 1.29 is 19.0 Å². The summed E-state index contributed by atoms with van der Waals surface area (Å²) in [5.41, 5.74) is 1.14. The summed E-state index contributed by atoms with van der Waals surface area (Å²) in [5, 5.41) is 10.9. The molecule has 9 heteroatoms. The van der Waals surface area contributed by atoms with E-state index in [1.54, 1.807) is 62.7 Å². The zero-order chi connectivity index (χ0) is 20.1. The van der Waals surface area contributed by atoms with E-state index in [4.69, 9.17) is 26.4 Å². The van der Waals surface area contributed by atoms with E-state index < -0.39 is 5.97 Å². The van der Waals surface area contributed by atoms with Crippen LogP contribution in [0, 0.1) is 11.7 Å². The molecule has 0 aliphatic rings. The second-order valence-electron chi connectivity index (χ2n) is 5.66. The number of hydrogen-bond donors (Lipinski definition) is 1. The van der Waals surface area contributed by atoms with Gasteiger partial charge < -0.3 is 14.2 Å². The number of esters is 1. The first-order chi connectivity index (χ1) is 13.5. The minimum Gasteiger partial charge on any atom is -0.497 e. The zero-order valence-corrected chi connectivity index (χ0v) is 16.3. The van der Waals surface area contributed by atoms with Gasteiger partial charge in [-0.05, 0) is 67.2 Å². The molecule has 3 aromatic rings. The van der Waals surface area contributed by atoms with E-state index in [0.717, 1.165) is 5.56 Å². The van der Waals surface area contributed by atoms with Crippen molar-refractivity contribution in [1.29, 1.82) is 0 Å². The molecule has 0 radical (unpaired) electrons. The Kier molecular flexibility index (Phi) is 5.85. The quantitative estimate of drug-likeness (QED) is 0.296. The molecule has 1 heterocycles. The molecule has 0 saturated heterocycles. The molecule has 0 saturated carbocycles. The molecule has 0 amide bonds. The molecule has 8 nitrogen and oxygen atoms in total. The van der Waals surface area contributed by atoms with E-state index in [1.807, 2.05) is 0 Å². The van der Waals surface area contributed by atoms with Crippen LogP contribution in [0.15, 0.2) is 47.6 Å². The van der Waals surface area contributed by atoms with Crippen molar-refractivity contribution in [3.63, 3.8) is 0 Å². The highest BCUT2D eigenvalue weighted by Crippen LogP contribution is 2.28. The molecule has 0 atom stereocenters. The lowest BCUT2D eigenvalue weighted by Gasteiger charge is -2.10. The van der Waals surface area contributed by atoms with Gasteiger partial charge in [-0.3, -0.25) is 5.10 Å². The van der Waals surface area contributed by atoms with Gasteiger partial charge in [0.2, 0.25) is 4.77 Å². The third-order valence-electron chi connectivity index (χ3n) is 3.85. The highest BCUT2D eigenvalue weighted by molar-refractivity contribution is 7.71. The molecule has 0 aliphatic carbocycles. The van der Waals surface area contributed by atoms with Crippen LogP contribution in [0.2, 0.25) is 0 Å². The van der Waals surface area contributed by atoms with Gasteiger partial charge in [-0.2, -0.15) is 14.9 Å². The molecule has 2 aromatic carbocycles. The molecule has 3 rings (SSSR count).